The summed E-state index contributed by atoms with van der Waals surface area (Å²) in [6.07, 6.45) is 1.55. The minimum atomic E-state index is -0.215. The van der Waals surface area contributed by atoms with Crippen molar-refractivity contribution in [2.24, 2.45) is 0 Å². The normalized spacial score (nSPS) is 18.1. The fourth-order valence-corrected chi connectivity index (χ4v) is 5.72. The van der Waals surface area contributed by atoms with Crippen LogP contribution in [0.4, 0.5) is 10.5 Å². The smallest absolute Gasteiger partial charge is 0.321 e. The summed E-state index contributed by atoms with van der Waals surface area (Å²) in [5, 5.41) is 3.50. The fraction of sp³-hybridized carbons (Fsp3) is 0.364. The summed E-state index contributed by atoms with van der Waals surface area (Å²) in [6, 6.07) is 14.8. The Morgan fingerprint density at radius 3 is 2.55 bits per heavy atom. The Balaban J connectivity index is 1.42. The van der Waals surface area contributed by atoms with Crippen molar-refractivity contribution < 1.29 is 9.59 Å². The molecule has 0 radical (unpaired) electrons. The number of nitrogens with one attached hydrogen (secondary N) is 1. The van der Waals surface area contributed by atoms with E-state index in [1.54, 1.807) is 12.1 Å². The third kappa shape index (κ3) is 4.23. The van der Waals surface area contributed by atoms with E-state index in [-0.39, 0.29) is 16.8 Å². The van der Waals surface area contributed by atoms with E-state index < -0.39 is 0 Å². The van der Waals surface area contributed by atoms with Crippen LogP contribution >= 0.6 is 23.4 Å². The maximum Gasteiger partial charge on any atom is 0.321 e. The third-order valence-electron chi connectivity index (χ3n) is 5.60. The molecule has 2 aromatic rings. The monoisotopic (exact) mass is 429 g/mol. The zero-order valence-corrected chi connectivity index (χ0v) is 17.9. The van der Waals surface area contributed by atoms with Gasteiger partial charge in [-0.1, -0.05) is 35.4 Å². The van der Waals surface area contributed by atoms with Crippen LogP contribution in [0.2, 0.25) is 5.02 Å². The van der Waals surface area contributed by atoms with Crippen molar-refractivity contribution >= 4 is 41.0 Å². The first-order chi connectivity index (χ1) is 14.0. The quantitative estimate of drug-likeness (QED) is 0.741. The van der Waals surface area contributed by atoms with Crippen LogP contribution in [0.25, 0.3) is 0 Å². The Labute approximate surface area is 180 Å². The highest BCUT2D eigenvalue weighted by Crippen LogP contribution is 2.44. The zero-order chi connectivity index (χ0) is 20.4. The molecule has 2 aliphatic heterocycles. The topological polar surface area (TPSA) is 52.7 Å². The van der Waals surface area contributed by atoms with Crippen LogP contribution < -0.4 is 5.32 Å². The Morgan fingerprint density at radius 1 is 1.07 bits per heavy atom. The number of nitrogens with zero attached hydrogens (tertiary/aromatic N) is 2. The summed E-state index contributed by atoms with van der Waals surface area (Å²) in [5.74, 6) is 1.03. The molecular formula is C22H24ClN3O2S. The lowest BCUT2D eigenvalue weighted by atomic mass is 10.0. The summed E-state index contributed by atoms with van der Waals surface area (Å²) in [6.45, 7) is 4.00. The van der Waals surface area contributed by atoms with Crippen molar-refractivity contribution in [1.29, 1.82) is 0 Å². The second kappa shape index (κ2) is 8.28. The van der Waals surface area contributed by atoms with Crippen LogP contribution in [0.1, 0.15) is 28.8 Å². The van der Waals surface area contributed by atoms with Gasteiger partial charge in [-0.05, 0) is 50.1 Å². The molecule has 0 atom stereocenters. The van der Waals surface area contributed by atoms with Gasteiger partial charge in [-0.3, -0.25) is 4.79 Å². The van der Waals surface area contributed by atoms with E-state index in [1.807, 2.05) is 64.9 Å². The largest absolute Gasteiger partial charge is 0.324 e. The number of anilines is 1. The molecule has 4 rings (SSSR count). The average molecular weight is 430 g/mol. The van der Waals surface area contributed by atoms with Gasteiger partial charge in [0.25, 0.3) is 5.91 Å². The summed E-state index contributed by atoms with van der Waals surface area (Å²) >= 11 is 7.85. The second-order valence-corrected chi connectivity index (χ2v) is 9.44. The van der Waals surface area contributed by atoms with Gasteiger partial charge < -0.3 is 15.1 Å². The van der Waals surface area contributed by atoms with Gasteiger partial charge in [0.1, 0.15) is 0 Å². The highest BCUT2D eigenvalue weighted by atomic mass is 35.5. The van der Waals surface area contributed by atoms with Gasteiger partial charge in [-0.15, -0.1) is 11.8 Å². The third-order valence-corrected chi connectivity index (χ3v) is 7.38. The van der Waals surface area contributed by atoms with Gasteiger partial charge in [-0.25, -0.2) is 4.79 Å². The van der Waals surface area contributed by atoms with E-state index in [0.717, 1.165) is 36.3 Å². The number of piperidine rings is 1. The van der Waals surface area contributed by atoms with Gasteiger partial charge in [0.15, 0.2) is 0 Å². The van der Waals surface area contributed by atoms with Crippen molar-refractivity contribution in [1.82, 2.24) is 9.80 Å². The number of aryl methyl sites for hydroxylation is 1. The molecule has 2 aromatic carbocycles. The van der Waals surface area contributed by atoms with Crippen LogP contribution in [-0.2, 0) is 0 Å². The average Bonchev–Trinajstić information content (AvgIpc) is 3.11. The Morgan fingerprint density at radius 2 is 1.83 bits per heavy atom. The van der Waals surface area contributed by atoms with Gasteiger partial charge in [0.2, 0.25) is 0 Å². The number of amides is 3. The van der Waals surface area contributed by atoms with Crippen molar-refractivity contribution in [2.45, 2.75) is 24.6 Å². The molecule has 0 aliphatic carbocycles. The molecule has 1 spiro atoms. The highest BCUT2D eigenvalue weighted by Gasteiger charge is 2.47. The molecule has 152 valence electrons. The van der Waals surface area contributed by atoms with Crippen LogP contribution in [-0.4, -0.2) is 52.0 Å². The lowest BCUT2D eigenvalue weighted by Crippen LogP contribution is -2.54. The van der Waals surface area contributed by atoms with Gasteiger partial charge in [0.05, 0.1) is 4.87 Å². The molecule has 0 aromatic heterocycles. The molecule has 3 amide bonds. The molecule has 2 saturated heterocycles. The first kappa shape index (κ1) is 20.1. The minimum absolute atomic E-state index is 0.0931. The van der Waals surface area contributed by atoms with E-state index in [4.69, 9.17) is 11.6 Å². The zero-order valence-electron chi connectivity index (χ0n) is 16.4. The lowest BCUT2D eigenvalue weighted by molar-refractivity contribution is 0.0585. The van der Waals surface area contributed by atoms with Crippen LogP contribution in [0.15, 0.2) is 48.5 Å². The fourth-order valence-electron chi connectivity index (χ4n) is 4.07. The van der Waals surface area contributed by atoms with Crippen molar-refractivity contribution in [3.05, 3.63) is 64.7 Å². The molecule has 1 N–H and O–H groups in total. The second-order valence-electron chi connectivity index (χ2n) is 7.55. The predicted molar refractivity (Wildman–Crippen MR) is 119 cm³/mol. The highest BCUT2D eigenvalue weighted by molar-refractivity contribution is 8.00. The van der Waals surface area contributed by atoms with E-state index in [9.17, 15) is 9.59 Å². The molecule has 0 unspecified atom stereocenters. The number of halogens is 1. The van der Waals surface area contributed by atoms with Crippen molar-refractivity contribution in [3.63, 3.8) is 0 Å². The number of thioether (sulfide) groups is 1. The van der Waals surface area contributed by atoms with Crippen molar-refractivity contribution in [2.75, 3.05) is 30.7 Å². The van der Waals surface area contributed by atoms with Gasteiger partial charge in [-0.2, -0.15) is 0 Å². The molecule has 0 bridgehead atoms. The number of carbonyl (C=O) groups is 2. The number of hydrogen-bond acceptors (Lipinski definition) is 3. The maximum absolute atomic E-state index is 13.2. The molecule has 7 heteroatoms. The lowest BCUT2D eigenvalue weighted by Gasteiger charge is -2.44. The van der Waals surface area contributed by atoms with Gasteiger partial charge >= 0.3 is 6.03 Å². The molecule has 5 nitrogen and oxygen atoms in total. The molecule has 29 heavy (non-hydrogen) atoms. The molecule has 2 fully saturated rings. The number of rotatable bonds is 2. The predicted octanol–water partition coefficient (Wildman–Crippen LogP) is 4.86. The van der Waals surface area contributed by atoms with E-state index in [1.165, 1.54) is 0 Å². The van der Waals surface area contributed by atoms with Crippen LogP contribution in [0.3, 0.4) is 0 Å². The molecular weight excluding hydrogens is 406 g/mol. The summed E-state index contributed by atoms with van der Waals surface area (Å²) in [4.78, 5) is 29.4. The Kier molecular flexibility index (Phi) is 5.74. The number of benzene rings is 2. The Hall–Kier alpha value is -2.18. The summed E-state index contributed by atoms with van der Waals surface area (Å²) < 4.78 is 0. The SMILES string of the molecule is Cc1cccc(C(=O)N2CCSC23CCN(C(=O)Nc2cccc(Cl)c2)CC3)c1. The van der Waals surface area contributed by atoms with E-state index >= 15 is 0 Å². The standard InChI is InChI=1S/C22H24ClN3O2S/c1-16-4-2-5-17(14-16)20(27)26-12-13-29-22(26)8-10-25(11-9-22)21(28)24-19-7-3-6-18(23)15-19/h2-7,14-15H,8-13H2,1H3,(H,24,28). The first-order valence-electron chi connectivity index (χ1n) is 9.81. The molecule has 2 aliphatic rings. The van der Waals surface area contributed by atoms with Crippen LogP contribution in [0.5, 0.6) is 0 Å². The van der Waals surface area contributed by atoms with Crippen molar-refractivity contribution in [3.8, 4) is 0 Å². The van der Waals surface area contributed by atoms with Gasteiger partial charge in [0, 0.05) is 41.7 Å². The first-order valence-corrected chi connectivity index (χ1v) is 11.2. The van der Waals surface area contributed by atoms with E-state index in [2.05, 4.69) is 5.32 Å². The number of hydrogen-bond donors (Lipinski definition) is 1. The molecule has 0 saturated carbocycles. The summed E-state index contributed by atoms with van der Waals surface area (Å²) in [5.41, 5.74) is 2.52. The summed E-state index contributed by atoms with van der Waals surface area (Å²) in [7, 11) is 0. The molecule has 2 heterocycles. The number of urea groups is 1. The van der Waals surface area contributed by atoms with Crippen LogP contribution in [0, 0.1) is 6.92 Å². The number of carbonyl (C=O) groups excluding carboxylic acids is 2. The number of likely N-dealkylation sites (tertiary alicyclic amines) is 1. The minimum Gasteiger partial charge on any atom is -0.324 e. The Bertz CT molecular complexity index is 928. The maximum atomic E-state index is 13.2. The van der Waals surface area contributed by atoms with E-state index in [0.29, 0.717) is 23.8 Å².